The van der Waals surface area contributed by atoms with Crippen LogP contribution in [0.25, 0.3) is 15.9 Å². The van der Waals surface area contributed by atoms with E-state index in [4.69, 9.17) is 0 Å². The van der Waals surface area contributed by atoms with Gasteiger partial charge < -0.3 is 4.98 Å². The summed E-state index contributed by atoms with van der Waals surface area (Å²) < 4.78 is 2.79. The predicted octanol–water partition coefficient (Wildman–Crippen LogP) is 3.84. The van der Waals surface area contributed by atoms with Gasteiger partial charge in [-0.15, -0.1) is 21.5 Å². The molecule has 1 aromatic carbocycles. The third kappa shape index (κ3) is 4.05. The SMILES string of the molecule is O=c1[nH]c(CSc2nnc(CN3CCCCC3)n2-c2ccccc2)nc2ccsc12. The Kier molecular flexibility index (Phi) is 5.65. The van der Waals surface area contributed by atoms with E-state index < -0.39 is 0 Å². The lowest BCUT2D eigenvalue weighted by atomic mass is 10.1. The molecule has 1 aliphatic rings. The van der Waals surface area contributed by atoms with Gasteiger partial charge in [0.1, 0.15) is 10.5 Å². The molecule has 0 spiro atoms. The Labute approximate surface area is 182 Å². The zero-order valence-electron chi connectivity index (χ0n) is 16.5. The average molecular weight is 439 g/mol. The highest BCUT2D eigenvalue weighted by molar-refractivity contribution is 7.98. The number of hydrogen-bond donors (Lipinski definition) is 1. The van der Waals surface area contributed by atoms with Crippen LogP contribution in [0.4, 0.5) is 0 Å². The molecule has 9 heteroatoms. The fourth-order valence-electron chi connectivity index (χ4n) is 3.77. The van der Waals surface area contributed by atoms with Gasteiger partial charge in [0.05, 0.1) is 17.8 Å². The maximum absolute atomic E-state index is 12.3. The van der Waals surface area contributed by atoms with Crippen molar-refractivity contribution in [3.8, 4) is 5.69 Å². The number of hydrogen-bond acceptors (Lipinski definition) is 7. The Morgan fingerprint density at radius 1 is 1.07 bits per heavy atom. The van der Waals surface area contributed by atoms with Crippen LogP contribution < -0.4 is 5.56 Å². The summed E-state index contributed by atoms with van der Waals surface area (Å²) in [4.78, 5) is 22.2. The first-order chi connectivity index (χ1) is 14.8. The van der Waals surface area contributed by atoms with Gasteiger partial charge in [-0.2, -0.15) is 0 Å². The van der Waals surface area contributed by atoms with E-state index in [0.29, 0.717) is 16.3 Å². The first-order valence-electron chi connectivity index (χ1n) is 10.1. The minimum atomic E-state index is -0.0825. The van der Waals surface area contributed by atoms with E-state index in [1.807, 2.05) is 29.6 Å². The second kappa shape index (κ2) is 8.71. The van der Waals surface area contributed by atoms with Gasteiger partial charge in [-0.3, -0.25) is 14.3 Å². The van der Waals surface area contributed by atoms with Crippen LogP contribution in [-0.4, -0.2) is 42.7 Å². The summed E-state index contributed by atoms with van der Waals surface area (Å²) >= 11 is 2.95. The molecule has 1 aliphatic heterocycles. The molecule has 1 saturated heterocycles. The molecule has 3 aromatic heterocycles. The van der Waals surface area contributed by atoms with Gasteiger partial charge in [-0.25, -0.2) is 4.98 Å². The van der Waals surface area contributed by atoms with Crippen LogP contribution in [0.5, 0.6) is 0 Å². The monoisotopic (exact) mass is 438 g/mol. The van der Waals surface area contributed by atoms with E-state index in [9.17, 15) is 4.79 Å². The molecular weight excluding hydrogens is 416 g/mol. The van der Waals surface area contributed by atoms with Gasteiger partial charge >= 0.3 is 0 Å². The van der Waals surface area contributed by atoms with Crippen molar-refractivity contribution in [3.05, 3.63) is 63.8 Å². The van der Waals surface area contributed by atoms with E-state index in [2.05, 4.69) is 41.8 Å². The van der Waals surface area contributed by atoms with Crippen molar-refractivity contribution < 1.29 is 0 Å². The van der Waals surface area contributed by atoms with Gasteiger partial charge in [0.2, 0.25) is 0 Å². The van der Waals surface area contributed by atoms with E-state index in [1.54, 1.807) is 0 Å². The number of rotatable bonds is 6. The number of aromatic nitrogens is 5. The Balaban J connectivity index is 1.42. The van der Waals surface area contributed by atoms with E-state index in [-0.39, 0.29) is 5.56 Å². The topological polar surface area (TPSA) is 79.7 Å². The average Bonchev–Trinajstić information content (AvgIpc) is 3.41. The molecule has 1 fully saturated rings. The third-order valence-corrected chi connectivity index (χ3v) is 7.07. The number of H-pyrrole nitrogens is 1. The molecule has 0 radical (unpaired) electrons. The largest absolute Gasteiger partial charge is 0.309 e. The fraction of sp³-hybridized carbons (Fsp3) is 0.333. The highest BCUT2D eigenvalue weighted by atomic mass is 32.2. The number of likely N-dealkylation sites (tertiary alicyclic amines) is 1. The number of nitrogens with one attached hydrogen (secondary N) is 1. The lowest BCUT2D eigenvalue weighted by Gasteiger charge is -2.26. The van der Waals surface area contributed by atoms with E-state index in [1.165, 1.54) is 42.4 Å². The molecule has 0 aliphatic carbocycles. The van der Waals surface area contributed by atoms with Crippen LogP contribution in [0, 0.1) is 0 Å². The van der Waals surface area contributed by atoms with Crippen LogP contribution in [0.15, 0.2) is 51.7 Å². The number of para-hydroxylation sites is 1. The number of thioether (sulfide) groups is 1. The zero-order chi connectivity index (χ0) is 20.3. The molecule has 5 rings (SSSR count). The van der Waals surface area contributed by atoms with Crippen molar-refractivity contribution in [1.82, 2.24) is 29.6 Å². The number of fused-ring (bicyclic) bond motifs is 1. The summed E-state index contributed by atoms with van der Waals surface area (Å²) in [5.74, 6) is 2.12. The molecule has 154 valence electrons. The summed E-state index contributed by atoms with van der Waals surface area (Å²) in [7, 11) is 0. The lowest BCUT2D eigenvalue weighted by molar-refractivity contribution is 0.214. The van der Waals surface area contributed by atoms with Gasteiger partial charge in [-0.1, -0.05) is 36.4 Å². The van der Waals surface area contributed by atoms with Crippen molar-refractivity contribution in [2.45, 2.75) is 36.7 Å². The zero-order valence-corrected chi connectivity index (χ0v) is 18.1. The highest BCUT2D eigenvalue weighted by Crippen LogP contribution is 2.26. The van der Waals surface area contributed by atoms with Crippen molar-refractivity contribution in [1.29, 1.82) is 0 Å². The normalized spacial score (nSPS) is 15.1. The van der Waals surface area contributed by atoms with Crippen LogP contribution in [0.2, 0.25) is 0 Å². The van der Waals surface area contributed by atoms with Crippen LogP contribution in [0.3, 0.4) is 0 Å². The maximum atomic E-state index is 12.3. The van der Waals surface area contributed by atoms with Crippen molar-refractivity contribution in [3.63, 3.8) is 0 Å². The van der Waals surface area contributed by atoms with E-state index in [0.717, 1.165) is 41.8 Å². The van der Waals surface area contributed by atoms with Crippen molar-refractivity contribution in [2.75, 3.05) is 13.1 Å². The molecule has 7 nitrogen and oxygen atoms in total. The van der Waals surface area contributed by atoms with E-state index >= 15 is 0 Å². The lowest BCUT2D eigenvalue weighted by Crippen LogP contribution is -2.30. The Morgan fingerprint density at radius 3 is 2.73 bits per heavy atom. The number of nitrogens with zero attached hydrogens (tertiary/aromatic N) is 5. The fourth-order valence-corrected chi connectivity index (χ4v) is 5.34. The first-order valence-corrected chi connectivity index (χ1v) is 12.0. The summed E-state index contributed by atoms with van der Waals surface area (Å²) in [6.07, 6.45) is 3.79. The maximum Gasteiger partial charge on any atom is 0.268 e. The number of aromatic amines is 1. The molecule has 0 bridgehead atoms. The molecule has 0 unspecified atom stereocenters. The molecule has 30 heavy (non-hydrogen) atoms. The second-order valence-electron chi connectivity index (χ2n) is 7.34. The van der Waals surface area contributed by atoms with Gasteiger partial charge in [0.25, 0.3) is 5.56 Å². The molecule has 0 saturated carbocycles. The van der Waals surface area contributed by atoms with Crippen molar-refractivity contribution >= 4 is 33.3 Å². The Bertz CT molecular complexity index is 1190. The van der Waals surface area contributed by atoms with Crippen LogP contribution in [0.1, 0.15) is 30.9 Å². The standard InChI is InChI=1S/C21H22N6OS2/c28-20-19-16(9-12-29-19)22-17(23-20)14-30-21-25-24-18(13-26-10-5-2-6-11-26)27(21)15-7-3-1-4-8-15/h1,3-4,7-9,12H,2,5-6,10-11,13-14H2,(H,22,23,28). The summed E-state index contributed by atoms with van der Waals surface area (Å²) in [5, 5.41) is 11.7. The highest BCUT2D eigenvalue weighted by Gasteiger charge is 2.19. The Hall–Kier alpha value is -2.49. The van der Waals surface area contributed by atoms with Gasteiger partial charge in [0.15, 0.2) is 11.0 Å². The quantitative estimate of drug-likeness (QED) is 0.461. The first kappa shape index (κ1) is 19.5. The number of benzene rings is 1. The van der Waals surface area contributed by atoms with Crippen LogP contribution in [-0.2, 0) is 12.3 Å². The van der Waals surface area contributed by atoms with Gasteiger partial charge in [-0.05, 0) is 49.5 Å². The molecule has 1 N–H and O–H groups in total. The third-order valence-electron chi connectivity index (χ3n) is 5.23. The van der Waals surface area contributed by atoms with Gasteiger partial charge in [0, 0.05) is 5.69 Å². The summed E-state index contributed by atoms with van der Waals surface area (Å²) in [5.41, 5.74) is 1.71. The molecule has 4 heterocycles. The second-order valence-corrected chi connectivity index (χ2v) is 9.20. The summed E-state index contributed by atoms with van der Waals surface area (Å²) in [6.45, 7) is 3.00. The van der Waals surface area contributed by atoms with Crippen LogP contribution >= 0.6 is 23.1 Å². The molecular formula is C21H22N6OS2. The number of thiophene rings is 1. The minimum Gasteiger partial charge on any atom is -0.309 e. The Morgan fingerprint density at radius 2 is 1.90 bits per heavy atom. The van der Waals surface area contributed by atoms with Crippen molar-refractivity contribution in [2.24, 2.45) is 0 Å². The molecule has 4 aromatic rings. The predicted molar refractivity (Wildman–Crippen MR) is 120 cm³/mol. The smallest absolute Gasteiger partial charge is 0.268 e. The minimum absolute atomic E-state index is 0.0825. The molecule has 0 atom stereocenters. The molecule has 0 amide bonds. The summed E-state index contributed by atoms with van der Waals surface area (Å²) in [6, 6.07) is 12.1. The number of piperidine rings is 1.